The van der Waals surface area contributed by atoms with E-state index >= 15 is 0 Å². The van der Waals surface area contributed by atoms with Crippen LogP contribution >= 0.6 is 0 Å². The van der Waals surface area contributed by atoms with Gasteiger partial charge in [0.05, 0.1) is 30.6 Å². The molecule has 0 aliphatic heterocycles. The Bertz CT molecular complexity index is 419. The first-order valence-electron chi connectivity index (χ1n) is 6.95. The largest absolute Gasteiger partial charge is 0.493 e. The van der Waals surface area contributed by atoms with Crippen LogP contribution in [-0.2, 0) is 4.74 Å². The standard InChI is InChI=1S/C14H25N3O2/c1-10(2)17-13(12(18-3)9-16-17)11(15)8-14(19-4)6-5-7-14/h9-11H,5-8,15H2,1-4H3. The van der Waals surface area contributed by atoms with Gasteiger partial charge in [0.2, 0.25) is 0 Å². The fourth-order valence-electron chi connectivity index (χ4n) is 2.84. The van der Waals surface area contributed by atoms with Crippen molar-refractivity contribution in [2.45, 2.75) is 57.2 Å². The predicted molar refractivity (Wildman–Crippen MR) is 74.3 cm³/mol. The predicted octanol–water partition coefficient (Wildman–Crippen LogP) is 2.43. The highest BCUT2D eigenvalue weighted by atomic mass is 16.5. The minimum Gasteiger partial charge on any atom is -0.493 e. The third kappa shape index (κ3) is 2.62. The molecule has 0 radical (unpaired) electrons. The van der Waals surface area contributed by atoms with E-state index in [1.807, 2.05) is 4.68 Å². The Morgan fingerprint density at radius 2 is 2.11 bits per heavy atom. The van der Waals surface area contributed by atoms with Crippen molar-refractivity contribution in [3.63, 3.8) is 0 Å². The first-order chi connectivity index (χ1) is 9.03. The second-order valence-corrected chi connectivity index (χ2v) is 5.69. The summed E-state index contributed by atoms with van der Waals surface area (Å²) >= 11 is 0. The van der Waals surface area contributed by atoms with Gasteiger partial charge < -0.3 is 15.2 Å². The van der Waals surface area contributed by atoms with E-state index in [9.17, 15) is 0 Å². The molecule has 1 aromatic rings. The summed E-state index contributed by atoms with van der Waals surface area (Å²) in [5.74, 6) is 0.770. The van der Waals surface area contributed by atoms with Crippen molar-refractivity contribution in [3.05, 3.63) is 11.9 Å². The van der Waals surface area contributed by atoms with Crippen LogP contribution in [-0.4, -0.2) is 29.6 Å². The lowest BCUT2D eigenvalue weighted by Crippen LogP contribution is -2.42. The average molecular weight is 267 g/mol. The van der Waals surface area contributed by atoms with Crippen LogP contribution in [0, 0.1) is 0 Å². The summed E-state index contributed by atoms with van der Waals surface area (Å²) < 4.78 is 13.0. The van der Waals surface area contributed by atoms with Crippen LogP contribution in [0.3, 0.4) is 0 Å². The van der Waals surface area contributed by atoms with Gasteiger partial charge in [0.1, 0.15) is 0 Å². The summed E-state index contributed by atoms with van der Waals surface area (Å²) in [5, 5.41) is 4.38. The third-order valence-corrected chi connectivity index (χ3v) is 4.15. The van der Waals surface area contributed by atoms with Gasteiger partial charge in [0.15, 0.2) is 5.75 Å². The Labute approximate surface area is 115 Å². The van der Waals surface area contributed by atoms with Crippen molar-refractivity contribution in [1.82, 2.24) is 9.78 Å². The highest BCUT2D eigenvalue weighted by Crippen LogP contribution is 2.42. The van der Waals surface area contributed by atoms with E-state index in [4.69, 9.17) is 15.2 Å². The molecule has 2 rings (SSSR count). The molecule has 108 valence electrons. The van der Waals surface area contributed by atoms with Crippen molar-refractivity contribution in [3.8, 4) is 5.75 Å². The van der Waals surface area contributed by atoms with Gasteiger partial charge in [-0.15, -0.1) is 0 Å². The number of methoxy groups -OCH3 is 2. The summed E-state index contributed by atoms with van der Waals surface area (Å²) in [6, 6.07) is 0.157. The molecule has 1 aliphatic rings. The van der Waals surface area contributed by atoms with Crippen LogP contribution in [0.2, 0.25) is 0 Å². The number of aromatic nitrogens is 2. The Hall–Kier alpha value is -1.07. The van der Waals surface area contributed by atoms with Gasteiger partial charge in [-0.2, -0.15) is 5.10 Å². The Morgan fingerprint density at radius 1 is 1.42 bits per heavy atom. The Kier molecular flexibility index (Phi) is 4.16. The van der Waals surface area contributed by atoms with Crippen LogP contribution in [0.15, 0.2) is 6.20 Å². The average Bonchev–Trinajstić information content (AvgIpc) is 2.77. The number of hydrogen-bond donors (Lipinski definition) is 1. The van der Waals surface area contributed by atoms with E-state index in [0.717, 1.165) is 30.7 Å². The summed E-state index contributed by atoms with van der Waals surface area (Å²) in [6.45, 7) is 4.19. The topological polar surface area (TPSA) is 62.3 Å². The molecular formula is C14H25N3O2. The fraction of sp³-hybridized carbons (Fsp3) is 0.786. The SMILES string of the molecule is COc1cnn(C(C)C)c1C(N)CC1(OC)CCC1. The molecule has 1 unspecified atom stereocenters. The molecule has 0 bridgehead atoms. The number of hydrogen-bond acceptors (Lipinski definition) is 4. The van der Waals surface area contributed by atoms with Crippen LogP contribution < -0.4 is 10.5 Å². The van der Waals surface area contributed by atoms with E-state index in [0.29, 0.717) is 0 Å². The van der Waals surface area contributed by atoms with Gasteiger partial charge >= 0.3 is 0 Å². The molecule has 1 aliphatic carbocycles. The van der Waals surface area contributed by atoms with Crippen LogP contribution in [0.1, 0.15) is 57.3 Å². The van der Waals surface area contributed by atoms with Crippen molar-refractivity contribution in [1.29, 1.82) is 0 Å². The monoisotopic (exact) mass is 267 g/mol. The lowest BCUT2D eigenvalue weighted by Gasteiger charge is -2.42. The van der Waals surface area contributed by atoms with Crippen LogP contribution in [0.5, 0.6) is 5.75 Å². The number of nitrogens with two attached hydrogens (primary N) is 1. The number of nitrogens with zero attached hydrogens (tertiary/aromatic N) is 2. The molecule has 19 heavy (non-hydrogen) atoms. The van der Waals surface area contributed by atoms with Crippen LogP contribution in [0.25, 0.3) is 0 Å². The smallest absolute Gasteiger partial charge is 0.161 e. The number of ether oxygens (including phenoxy) is 2. The van der Waals surface area contributed by atoms with Crippen molar-refractivity contribution >= 4 is 0 Å². The zero-order valence-electron chi connectivity index (χ0n) is 12.3. The van der Waals surface area contributed by atoms with E-state index in [1.54, 1.807) is 20.4 Å². The first kappa shape index (κ1) is 14.3. The van der Waals surface area contributed by atoms with Crippen LogP contribution in [0.4, 0.5) is 0 Å². The molecule has 5 nitrogen and oxygen atoms in total. The van der Waals surface area contributed by atoms with Gasteiger partial charge in [-0.05, 0) is 39.5 Å². The minimum absolute atomic E-state index is 0.0451. The lowest BCUT2D eigenvalue weighted by molar-refractivity contribution is -0.0822. The van der Waals surface area contributed by atoms with E-state index in [-0.39, 0.29) is 17.7 Å². The van der Waals surface area contributed by atoms with Gasteiger partial charge in [0.25, 0.3) is 0 Å². The molecule has 1 fully saturated rings. The lowest BCUT2D eigenvalue weighted by atomic mass is 9.75. The first-order valence-corrected chi connectivity index (χ1v) is 6.95. The van der Waals surface area contributed by atoms with E-state index in [1.165, 1.54) is 6.42 Å². The Morgan fingerprint density at radius 3 is 2.53 bits per heavy atom. The minimum atomic E-state index is -0.111. The van der Waals surface area contributed by atoms with E-state index in [2.05, 4.69) is 18.9 Å². The quantitative estimate of drug-likeness (QED) is 0.860. The Balaban J connectivity index is 2.22. The van der Waals surface area contributed by atoms with Gasteiger partial charge in [-0.3, -0.25) is 4.68 Å². The molecule has 1 aromatic heterocycles. The maximum absolute atomic E-state index is 6.40. The highest BCUT2D eigenvalue weighted by Gasteiger charge is 2.39. The van der Waals surface area contributed by atoms with Gasteiger partial charge in [-0.25, -0.2) is 0 Å². The zero-order valence-corrected chi connectivity index (χ0v) is 12.3. The molecule has 2 N–H and O–H groups in total. The van der Waals surface area contributed by atoms with Crippen molar-refractivity contribution in [2.75, 3.05) is 14.2 Å². The molecule has 0 saturated heterocycles. The van der Waals surface area contributed by atoms with Crippen molar-refractivity contribution in [2.24, 2.45) is 5.73 Å². The molecular weight excluding hydrogens is 242 g/mol. The maximum Gasteiger partial charge on any atom is 0.161 e. The van der Waals surface area contributed by atoms with Crippen molar-refractivity contribution < 1.29 is 9.47 Å². The molecule has 0 aromatic carbocycles. The molecule has 0 amide bonds. The molecule has 1 heterocycles. The van der Waals surface area contributed by atoms with E-state index < -0.39 is 0 Å². The second kappa shape index (κ2) is 5.51. The zero-order chi connectivity index (χ0) is 14.0. The molecule has 1 atom stereocenters. The van der Waals surface area contributed by atoms with Gasteiger partial charge in [-0.1, -0.05) is 0 Å². The fourth-order valence-corrected chi connectivity index (χ4v) is 2.84. The summed E-state index contributed by atoms with van der Waals surface area (Å²) in [5.41, 5.74) is 7.33. The number of rotatable bonds is 6. The molecule has 5 heteroatoms. The maximum atomic E-state index is 6.40. The molecule has 1 saturated carbocycles. The summed E-state index contributed by atoms with van der Waals surface area (Å²) in [6.07, 6.45) is 5.97. The van der Waals surface area contributed by atoms with Gasteiger partial charge in [0, 0.05) is 13.2 Å². The molecule has 0 spiro atoms. The second-order valence-electron chi connectivity index (χ2n) is 5.69. The summed E-state index contributed by atoms with van der Waals surface area (Å²) in [4.78, 5) is 0. The normalized spacial score (nSPS) is 19.3. The highest BCUT2D eigenvalue weighted by molar-refractivity contribution is 5.29. The summed E-state index contributed by atoms with van der Waals surface area (Å²) in [7, 11) is 3.44. The third-order valence-electron chi connectivity index (χ3n) is 4.15.